The van der Waals surface area contributed by atoms with Gasteiger partial charge < -0.3 is 9.64 Å². The minimum Gasteiger partial charge on any atom is -0.377 e. The molecule has 0 aromatic rings. The molecule has 112 valence electrons. The van der Waals surface area contributed by atoms with E-state index >= 15 is 0 Å². The van der Waals surface area contributed by atoms with Crippen molar-refractivity contribution in [3.05, 3.63) is 0 Å². The molecule has 0 N–H and O–H groups in total. The number of hydrogen-bond donors (Lipinski definition) is 0. The molecule has 0 aromatic carbocycles. The second-order valence-corrected chi connectivity index (χ2v) is 7.51. The normalized spacial score (nSPS) is 38.7. The molecule has 19 heavy (non-hydrogen) atoms. The second-order valence-electron chi connectivity index (χ2n) is 7.51. The number of rotatable bonds is 6. The smallest absolute Gasteiger partial charge is 0.0604 e. The van der Waals surface area contributed by atoms with Crippen LogP contribution in [0.15, 0.2) is 0 Å². The van der Waals surface area contributed by atoms with E-state index in [2.05, 4.69) is 32.8 Å². The monoisotopic (exact) mass is 267 g/mol. The molecule has 2 rings (SSSR count). The largest absolute Gasteiger partial charge is 0.377 e. The van der Waals surface area contributed by atoms with Crippen molar-refractivity contribution in [3.8, 4) is 0 Å². The lowest BCUT2D eigenvalue weighted by Gasteiger charge is -2.51. The van der Waals surface area contributed by atoms with Crippen LogP contribution in [0.25, 0.3) is 0 Å². The molecule has 0 spiro atoms. The van der Waals surface area contributed by atoms with Gasteiger partial charge in [0, 0.05) is 6.54 Å². The van der Waals surface area contributed by atoms with Crippen LogP contribution >= 0.6 is 0 Å². The maximum Gasteiger partial charge on any atom is 0.0604 e. The molecule has 2 fully saturated rings. The lowest BCUT2D eigenvalue weighted by molar-refractivity contribution is -0.0843. The Labute approximate surface area is 119 Å². The maximum atomic E-state index is 6.21. The van der Waals surface area contributed by atoms with Gasteiger partial charge in [-0.1, -0.05) is 20.3 Å². The van der Waals surface area contributed by atoms with E-state index in [0.717, 1.165) is 25.0 Å². The van der Waals surface area contributed by atoms with Gasteiger partial charge >= 0.3 is 0 Å². The highest BCUT2D eigenvalue weighted by Gasteiger charge is 2.45. The van der Waals surface area contributed by atoms with Gasteiger partial charge in [0.15, 0.2) is 0 Å². The van der Waals surface area contributed by atoms with Crippen LogP contribution in [-0.4, -0.2) is 38.3 Å². The summed E-state index contributed by atoms with van der Waals surface area (Å²) in [6.45, 7) is 6.77. The lowest BCUT2D eigenvalue weighted by Crippen LogP contribution is -2.44. The molecule has 0 heterocycles. The average Bonchev–Trinajstić information content (AvgIpc) is 2.31. The van der Waals surface area contributed by atoms with E-state index in [1.807, 2.05) is 0 Å². The van der Waals surface area contributed by atoms with Crippen molar-refractivity contribution in [3.63, 3.8) is 0 Å². The Hall–Kier alpha value is -0.0800. The lowest BCUT2D eigenvalue weighted by atomic mass is 9.57. The van der Waals surface area contributed by atoms with Crippen LogP contribution in [0.4, 0.5) is 0 Å². The van der Waals surface area contributed by atoms with E-state index in [-0.39, 0.29) is 0 Å². The van der Waals surface area contributed by atoms with Crippen molar-refractivity contribution in [2.75, 3.05) is 27.2 Å². The first kappa shape index (κ1) is 15.3. The highest BCUT2D eigenvalue weighted by molar-refractivity contribution is 4.96. The van der Waals surface area contributed by atoms with Crippen molar-refractivity contribution in [2.45, 2.75) is 64.9 Å². The molecular weight excluding hydrogens is 234 g/mol. The molecular formula is C17H33NO. The molecule has 0 aromatic heterocycles. The fourth-order valence-electron chi connectivity index (χ4n) is 4.70. The molecule has 0 saturated heterocycles. The summed E-state index contributed by atoms with van der Waals surface area (Å²) in [4.78, 5) is 2.22. The maximum absolute atomic E-state index is 6.21. The number of likely N-dealkylation sites (N-methyl/N-ethyl adjacent to an activating group) is 1. The third-order valence-electron chi connectivity index (χ3n) is 5.32. The molecule has 2 bridgehead atoms. The van der Waals surface area contributed by atoms with Crippen molar-refractivity contribution in [2.24, 2.45) is 17.3 Å². The standard InChI is InChI=1S/C17H33NO/c1-5-7-17-8-6-16(19-10-9-18(3)4)15(13-17)11-14(2)12-17/h14-16H,5-13H2,1-4H3. The summed E-state index contributed by atoms with van der Waals surface area (Å²) in [5.41, 5.74) is 0.679. The number of fused-ring (bicyclic) bond motifs is 2. The Morgan fingerprint density at radius 3 is 2.74 bits per heavy atom. The second kappa shape index (κ2) is 6.58. The predicted octanol–water partition coefficient (Wildman–Crippen LogP) is 3.95. The molecule has 4 atom stereocenters. The Morgan fingerprint density at radius 2 is 2.05 bits per heavy atom. The Bertz CT molecular complexity index is 278. The molecule has 2 aliphatic rings. The molecule has 0 aliphatic heterocycles. The van der Waals surface area contributed by atoms with Crippen LogP contribution in [-0.2, 0) is 4.74 Å². The molecule has 2 saturated carbocycles. The number of ether oxygens (including phenoxy) is 1. The van der Waals surface area contributed by atoms with Gasteiger partial charge in [0.25, 0.3) is 0 Å². The third kappa shape index (κ3) is 3.95. The summed E-state index contributed by atoms with van der Waals surface area (Å²) in [6, 6.07) is 0. The van der Waals surface area contributed by atoms with E-state index in [9.17, 15) is 0 Å². The summed E-state index contributed by atoms with van der Waals surface area (Å²) >= 11 is 0. The van der Waals surface area contributed by atoms with Crippen molar-refractivity contribution >= 4 is 0 Å². The first-order valence-corrected chi connectivity index (χ1v) is 8.31. The fourth-order valence-corrected chi connectivity index (χ4v) is 4.70. The van der Waals surface area contributed by atoms with Crippen molar-refractivity contribution in [1.29, 1.82) is 0 Å². The van der Waals surface area contributed by atoms with E-state index in [1.165, 1.54) is 44.9 Å². The molecule has 2 nitrogen and oxygen atoms in total. The predicted molar refractivity (Wildman–Crippen MR) is 81.4 cm³/mol. The third-order valence-corrected chi connectivity index (χ3v) is 5.32. The topological polar surface area (TPSA) is 12.5 Å². The van der Waals surface area contributed by atoms with Crippen LogP contribution < -0.4 is 0 Å². The highest BCUT2D eigenvalue weighted by atomic mass is 16.5. The SMILES string of the molecule is CCCC12CCC(OCCN(C)C)C(CC(C)C1)C2. The van der Waals surface area contributed by atoms with Gasteiger partial charge in [0.2, 0.25) is 0 Å². The quantitative estimate of drug-likeness (QED) is 0.722. The molecule has 0 amide bonds. The van der Waals surface area contributed by atoms with Crippen LogP contribution in [0.2, 0.25) is 0 Å². The zero-order chi connectivity index (χ0) is 13.9. The summed E-state index contributed by atoms with van der Waals surface area (Å²) in [5, 5.41) is 0. The van der Waals surface area contributed by atoms with Crippen LogP contribution in [0.5, 0.6) is 0 Å². The summed E-state index contributed by atoms with van der Waals surface area (Å²) in [6.07, 6.45) is 10.4. The average molecular weight is 267 g/mol. The molecule has 4 unspecified atom stereocenters. The first-order valence-electron chi connectivity index (χ1n) is 8.31. The van der Waals surface area contributed by atoms with Gasteiger partial charge in [-0.3, -0.25) is 0 Å². The summed E-state index contributed by atoms with van der Waals surface area (Å²) < 4.78 is 6.21. The van der Waals surface area contributed by atoms with E-state index < -0.39 is 0 Å². The first-order chi connectivity index (χ1) is 9.04. The van der Waals surface area contributed by atoms with Gasteiger partial charge in [-0.2, -0.15) is 0 Å². The van der Waals surface area contributed by atoms with Gasteiger partial charge in [-0.25, -0.2) is 0 Å². The Kier molecular flexibility index (Phi) is 5.30. The fraction of sp³-hybridized carbons (Fsp3) is 1.00. The van der Waals surface area contributed by atoms with Crippen molar-refractivity contribution in [1.82, 2.24) is 4.90 Å². The zero-order valence-corrected chi connectivity index (χ0v) is 13.5. The number of hydrogen-bond acceptors (Lipinski definition) is 2. The van der Waals surface area contributed by atoms with Gasteiger partial charge in [-0.05, 0) is 69.9 Å². The van der Waals surface area contributed by atoms with Crippen LogP contribution in [0.1, 0.15) is 58.8 Å². The van der Waals surface area contributed by atoms with E-state index in [0.29, 0.717) is 11.5 Å². The molecule has 2 heteroatoms. The van der Waals surface area contributed by atoms with E-state index in [4.69, 9.17) is 4.74 Å². The summed E-state index contributed by atoms with van der Waals surface area (Å²) in [5.74, 6) is 1.75. The van der Waals surface area contributed by atoms with Crippen LogP contribution in [0.3, 0.4) is 0 Å². The van der Waals surface area contributed by atoms with Gasteiger partial charge in [-0.15, -0.1) is 0 Å². The molecule has 0 radical (unpaired) electrons. The highest BCUT2D eigenvalue weighted by Crippen LogP contribution is 2.53. The minimum atomic E-state index is 0.549. The van der Waals surface area contributed by atoms with Crippen molar-refractivity contribution < 1.29 is 4.74 Å². The number of nitrogens with zero attached hydrogens (tertiary/aromatic N) is 1. The van der Waals surface area contributed by atoms with Crippen LogP contribution in [0, 0.1) is 17.3 Å². The zero-order valence-electron chi connectivity index (χ0n) is 13.5. The Morgan fingerprint density at radius 1 is 1.26 bits per heavy atom. The summed E-state index contributed by atoms with van der Waals surface area (Å²) in [7, 11) is 4.25. The van der Waals surface area contributed by atoms with Gasteiger partial charge in [0.1, 0.15) is 0 Å². The van der Waals surface area contributed by atoms with Gasteiger partial charge in [0.05, 0.1) is 12.7 Å². The molecule has 2 aliphatic carbocycles. The minimum absolute atomic E-state index is 0.549. The van der Waals surface area contributed by atoms with E-state index in [1.54, 1.807) is 0 Å². The Balaban J connectivity index is 1.89.